The Bertz CT molecular complexity index is 1660. The van der Waals surface area contributed by atoms with E-state index in [2.05, 4.69) is 60.8 Å². The molecule has 2 unspecified atom stereocenters. The number of nitrogens with one attached hydrogen (secondary N) is 1. The first-order chi connectivity index (χ1) is 17.6. The molecule has 4 atom stereocenters. The summed E-state index contributed by atoms with van der Waals surface area (Å²) < 4.78 is 26.0. The highest BCUT2D eigenvalue weighted by molar-refractivity contribution is 7.91. The first-order valence-corrected chi connectivity index (χ1v) is 16.2. The highest BCUT2D eigenvalue weighted by Crippen LogP contribution is 2.53. The van der Waals surface area contributed by atoms with Crippen molar-refractivity contribution >= 4 is 37.0 Å². The van der Waals surface area contributed by atoms with Gasteiger partial charge in [-0.1, -0.05) is 13.8 Å². The van der Waals surface area contributed by atoms with E-state index >= 15 is 0 Å². The Labute approximate surface area is 222 Å². The second kappa shape index (κ2) is 8.13. The number of pyridine rings is 1. The normalized spacial score (nSPS) is 27.5. The molecule has 7 rings (SSSR count). The lowest BCUT2D eigenvalue weighted by molar-refractivity contribution is 0.153. The number of aryl methyl sites for hydroxylation is 2. The lowest BCUT2D eigenvalue weighted by Gasteiger charge is -2.35. The van der Waals surface area contributed by atoms with E-state index in [0.29, 0.717) is 35.3 Å². The van der Waals surface area contributed by atoms with Crippen LogP contribution in [0.4, 0.5) is 0 Å². The molecular weight excluding hydrogens is 502 g/mol. The summed E-state index contributed by atoms with van der Waals surface area (Å²) in [6.45, 7) is 12.3. The molecule has 6 heterocycles. The molecular formula is C28H35N5O2S2. The third kappa shape index (κ3) is 3.49. The topological polar surface area (TPSA) is 83.4 Å². The maximum absolute atomic E-state index is 12.1. The maximum Gasteiger partial charge on any atom is 0.158 e. The zero-order valence-electron chi connectivity index (χ0n) is 22.2. The highest BCUT2D eigenvalue weighted by atomic mass is 32.2. The van der Waals surface area contributed by atoms with Crippen LogP contribution in [0, 0.1) is 26.7 Å². The van der Waals surface area contributed by atoms with Gasteiger partial charge in [-0.15, -0.1) is 11.3 Å². The van der Waals surface area contributed by atoms with Gasteiger partial charge in [-0.05, 0) is 80.0 Å². The third-order valence-electron chi connectivity index (χ3n) is 9.53. The van der Waals surface area contributed by atoms with Crippen LogP contribution in [0.25, 0.3) is 27.1 Å². The molecule has 0 aromatic carbocycles. The average molecular weight is 538 g/mol. The van der Waals surface area contributed by atoms with E-state index in [-0.39, 0.29) is 6.04 Å². The molecule has 2 saturated heterocycles. The molecule has 2 bridgehead atoms. The van der Waals surface area contributed by atoms with E-state index in [0.717, 1.165) is 25.0 Å². The zero-order chi connectivity index (χ0) is 25.8. The molecule has 1 aliphatic carbocycles. The number of likely N-dealkylation sites (tertiary alicyclic amines) is 1. The van der Waals surface area contributed by atoms with Crippen molar-refractivity contribution < 1.29 is 8.42 Å². The molecule has 1 saturated carbocycles. The average Bonchev–Trinajstić information content (AvgIpc) is 3.66. The van der Waals surface area contributed by atoms with Gasteiger partial charge < -0.3 is 4.98 Å². The van der Waals surface area contributed by atoms with E-state index in [1.54, 1.807) is 11.2 Å². The molecule has 3 aliphatic rings. The third-order valence-corrected chi connectivity index (χ3v) is 12.6. The number of aromatic nitrogens is 4. The lowest BCUT2D eigenvalue weighted by atomic mass is 9.88. The predicted octanol–water partition coefficient (Wildman–Crippen LogP) is 5.35. The molecule has 7 nitrogen and oxygen atoms in total. The Morgan fingerprint density at radius 2 is 1.92 bits per heavy atom. The van der Waals surface area contributed by atoms with Crippen molar-refractivity contribution in [1.82, 2.24) is 24.5 Å². The number of fused-ring (bicyclic) bond motifs is 4. The van der Waals surface area contributed by atoms with Crippen molar-refractivity contribution in [3.63, 3.8) is 0 Å². The molecule has 9 heteroatoms. The number of H-pyrrole nitrogens is 1. The summed E-state index contributed by atoms with van der Waals surface area (Å²) >= 11 is 1.95. The number of thiophene rings is 1. The fourth-order valence-electron chi connectivity index (χ4n) is 7.64. The van der Waals surface area contributed by atoms with Gasteiger partial charge >= 0.3 is 0 Å². The van der Waals surface area contributed by atoms with Gasteiger partial charge in [0.1, 0.15) is 11.2 Å². The Balaban J connectivity index is 1.25. The second-order valence-corrected chi connectivity index (χ2v) is 15.2. The van der Waals surface area contributed by atoms with Crippen molar-refractivity contribution in [1.29, 1.82) is 0 Å². The summed E-state index contributed by atoms with van der Waals surface area (Å²) in [5, 5.41) is 5.83. The summed E-state index contributed by atoms with van der Waals surface area (Å²) in [7, 11) is -2.84. The number of hydrogen-bond acceptors (Lipinski definition) is 6. The lowest BCUT2D eigenvalue weighted by Crippen LogP contribution is -2.43. The number of hydrogen-bond donors (Lipinski definition) is 1. The van der Waals surface area contributed by atoms with Gasteiger partial charge in [0.05, 0.1) is 17.2 Å². The summed E-state index contributed by atoms with van der Waals surface area (Å²) in [4.78, 5) is 13.7. The van der Waals surface area contributed by atoms with E-state index in [1.165, 1.54) is 50.1 Å². The maximum atomic E-state index is 12.1. The molecule has 0 spiro atoms. The van der Waals surface area contributed by atoms with Gasteiger partial charge in [-0.25, -0.2) is 17.9 Å². The molecule has 196 valence electrons. The Morgan fingerprint density at radius 3 is 2.59 bits per heavy atom. The molecule has 4 aromatic rings. The first-order valence-electron chi connectivity index (χ1n) is 13.5. The minimum absolute atomic E-state index is 0.240. The van der Waals surface area contributed by atoms with Gasteiger partial charge in [0.15, 0.2) is 15.5 Å². The van der Waals surface area contributed by atoms with E-state index in [9.17, 15) is 8.42 Å². The number of sulfone groups is 1. The van der Waals surface area contributed by atoms with Crippen LogP contribution >= 0.6 is 11.3 Å². The van der Waals surface area contributed by atoms with Crippen molar-refractivity contribution in [3.8, 4) is 11.3 Å². The Hall–Kier alpha value is -2.23. The molecule has 0 radical (unpaired) electrons. The number of piperidine rings is 1. The molecule has 37 heavy (non-hydrogen) atoms. The summed E-state index contributed by atoms with van der Waals surface area (Å²) in [6, 6.07) is 0.775. The number of nitrogens with zero attached hydrogens (tertiary/aromatic N) is 4. The predicted molar refractivity (Wildman–Crippen MR) is 149 cm³/mol. The number of aromatic amines is 1. The van der Waals surface area contributed by atoms with Crippen LogP contribution in [-0.2, 0) is 9.84 Å². The fraction of sp³-hybridized carbons (Fsp3) is 0.571. The molecule has 4 aromatic heterocycles. The van der Waals surface area contributed by atoms with Crippen LogP contribution in [-0.4, -0.2) is 63.0 Å². The minimum Gasteiger partial charge on any atom is -0.346 e. The molecule has 3 fully saturated rings. The van der Waals surface area contributed by atoms with Gasteiger partial charge in [0.2, 0.25) is 0 Å². The quantitative estimate of drug-likeness (QED) is 0.379. The Kier molecular flexibility index (Phi) is 5.24. The van der Waals surface area contributed by atoms with E-state index < -0.39 is 9.84 Å². The fourth-order valence-corrected chi connectivity index (χ4v) is 10.8. The molecule has 0 amide bonds. The highest BCUT2D eigenvalue weighted by Gasteiger charge is 2.49. The van der Waals surface area contributed by atoms with Crippen LogP contribution in [0.1, 0.15) is 72.1 Å². The summed E-state index contributed by atoms with van der Waals surface area (Å²) in [5.74, 6) is 2.34. The smallest absolute Gasteiger partial charge is 0.158 e. The second-order valence-electron chi connectivity index (χ2n) is 11.9. The van der Waals surface area contributed by atoms with Gasteiger partial charge in [0, 0.05) is 40.7 Å². The standard InChI is InChI=1S/C28H35N5O2S2/c1-14(2)23-24-17(5)26(21-9-20-8-18(21)10-32(20)19-6-7-37(34,35)12-19)36-28(24)31-25(23)22-11-33-27(29-13-30-33)16(4)15(22)3/h11,13-14,18-21,31H,6-10,12H2,1-5H3/t18-,19?,20?,21+/m0/s1. The van der Waals surface area contributed by atoms with Crippen molar-refractivity contribution in [2.75, 3.05) is 18.1 Å². The van der Waals surface area contributed by atoms with Crippen LogP contribution in [0.3, 0.4) is 0 Å². The van der Waals surface area contributed by atoms with Crippen LogP contribution in [0.2, 0.25) is 0 Å². The van der Waals surface area contributed by atoms with Crippen molar-refractivity contribution in [2.24, 2.45) is 5.92 Å². The largest absolute Gasteiger partial charge is 0.346 e. The molecule has 2 aliphatic heterocycles. The van der Waals surface area contributed by atoms with Crippen LogP contribution in [0.15, 0.2) is 12.5 Å². The van der Waals surface area contributed by atoms with Gasteiger partial charge in [-0.3, -0.25) is 4.90 Å². The summed E-state index contributed by atoms with van der Waals surface area (Å²) in [6.07, 6.45) is 6.94. The monoisotopic (exact) mass is 537 g/mol. The summed E-state index contributed by atoms with van der Waals surface area (Å²) in [5.41, 5.74) is 8.58. The van der Waals surface area contributed by atoms with Crippen molar-refractivity contribution in [3.05, 3.63) is 39.7 Å². The van der Waals surface area contributed by atoms with Crippen LogP contribution < -0.4 is 0 Å². The van der Waals surface area contributed by atoms with Gasteiger partial charge in [0.25, 0.3) is 0 Å². The minimum atomic E-state index is -2.84. The zero-order valence-corrected chi connectivity index (χ0v) is 23.8. The Morgan fingerprint density at radius 1 is 1.11 bits per heavy atom. The SMILES string of the molecule is Cc1c(-c2[nH]c3sc([C@@H]4CC5C[C@H]4CN5C4CCS(=O)(=O)C4)c(C)c3c2C(C)C)cn2ncnc2c1C. The number of rotatable bonds is 4. The molecule has 1 N–H and O–H groups in total. The first kappa shape index (κ1) is 23.9. The van der Waals surface area contributed by atoms with E-state index in [1.807, 2.05) is 15.9 Å². The van der Waals surface area contributed by atoms with E-state index in [4.69, 9.17) is 0 Å². The van der Waals surface area contributed by atoms with Gasteiger partial charge in [-0.2, -0.15) is 5.10 Å². The van der Waals surface area contributed by atoms with Crippen LogP contribution in [0.5, 0.6) is 0 Å². The van der Waals surface area contributed by atoms with Crippen molar-refractivity contribution in [2.45, 2.75) is 77.8 Å².